The molecule has 0 amide bonds. The summed E-state index contributed by atoms with van der Waals surface area (Å²) in [6.07, 6.45) is 7.00. The van der Waals surface area contributed by atoms with Gasteiger partial charge in [0, 0.05) is 22.1 Å². The second kappa shape index (κ2) is 5.67. The summed E-state index contributed by atoms with van der Waals surface area (Å²) in [5, 5.41) is 0. The average molecular weight is 296 g/mol. The van der Waals surface area contributed by atoms with Gasteiger partial charge in [0.1, 0.15) is 0 Å². The largest absolute Gasteiger partial charge is 0.398 e. The molecule has 1 saturated carbocycles. The molecule has 0 atom stereocenters. The molecule has 17 heavy (non-hydrogen) atoms. The molecule has 92 valence electrons. The number of nitrogens with two attached hydrogens (primary N) is 1. The normalized spacial score (nSPS) is 17.0. The molecule has 0 radical (unpaired) electrons. The van der Waals surface area contributed by atoms with Gasteiger partial charge >= 0.3 is 0 Å². The lowest BCUT2D eigenvalue weighted by molar-refractivity contribution is 0.0950. The van der Waals surface area contributed by atoms with Gasteiger partial charge in [-0.15, -0.1) is 0 Å². The first-order valence-electron chi connectivity index (χ1n) is 6.25. The summed E-state index contributed by atoms with van der Waals surface area (Å²) in [6, 6.07) is 5.45. The van der Waals surface area contributed by atoms with E-state index in [2.05, 4.69) is 15.9 Å². The molecule has 0 heterocycles. The Balaban J connectivity index is 2.01. The molecule has 0 aromatic heterocycles. The molecule has 1 aromatic rings. The maximum absolute atomic E-state index is 12.1. The summed E-state index contributed by atoms with van der Waals surface area (Å²) in [4.78, 5) is 12.1. The Kier molecular flexibility index (Phi) is 4.21. The molecule has 0 unspecified atom stereocenters. The van der Waals surface area contributed by atoms with E-state index in [0.717, 1.165) is 10.0 Å². The topological polar surface area (TPSA) is 43.1 Å². The van der Waals surface area contributed by atoms with Crippen LogP contribution in [0.15, 0.2) is 22.7 Å². The van der Waals surface area contributed by atoms with Gasteiger partial charge < -0.3 is 5.73 Å². The number of hydrogen-bond donors (Lipinski definition) is 1. The van der Waals surface area contributed by atoms with Gasteiger partial charge in [0.15, 0.2) is 5.78 Å². The molecule has 3 heteroatoms. The third-order valence-corrected chi connectivity index (χ3v) is 4.21. The number of carbonyl (C=O) groups excluding carboxylic acids is 1. The number of benzene rings is 1. The molecule has 0 spiro atoms. The third kappa shape index (κ3) is 3.32. The van der Waals surface area contributed by atoms with Crippen LogP contribution >= 0.6 is 15.9 Å². The summed E-state index contributed by atoms with van der Waals surface area (Å²) >= 11 is 3.36. The minimum Gasteiger partial charge on any atom is -0.398 e. The van der Waals surface area contributed by atoms with Crippen molar-refractivity contribution in [2.45, 2.75) is 38.5 Å². The highest BCUT2D eigenvalue weighted by Crippen LogP contribution is 2.28. The monoisotopic (exact) mass is 295 g/mol. The van der Waals surface area contributed by atoms with Crippen LogP contribution in [-0.2, 0) is 0 Å². The van der Waals surface area contributed by atoms with Crippen LogP contribution in [0.2, 0.25) is 0 Å². The van der Waals surface area contributed by atoms with Crippen molar-refractivity contribution in [2.75, 3.05) is 5.73 Å². The van der Waals surface area contributed by atoms with E-state index in [1.807, 2.05) is 12.1 Å². The maximum atomic E-state index is 12.1. The summed E-state index contributed by atoms with van der Waals surface area (Å²) in [6.45, 7) is 0. The Hall–Kier alpha value is -0.830. The molecule has 2 nitrogen and oxygen atoms in total. The van der Waals surface area contributed by atoms with Crippen molar-refractivity contribution in [2.24, 2.45) is 5.92 Å². The number of halogens is 1. The number of hydrogen-bond acceptors (Lipinski definition) is 2. The molecule has 2 N–H and O–H groups in total. The molecule has 1 aliphatic rings. The van der Waals surface area contributed by atoms with Crippen molar-refractivity contribution in [3.63, 3.8) is 0 Å². The molecular weight excluding hydrogens is 278 g/mol. The van der Waals surface area contributed by atoms with Crippen LogP contribution in [0.4, 0.5) is 5.69 Å². The van der Waals surface area contributed by atoms with Gasteiger partial charge in [0.05, 0.1) is 0 Å². The lowest BCUT2D eigenvalue weighted by Crippen LogP contribution is -2.12. The Labute approximate surface area is 111 Å². The van der Waals surface area contributed by atoms with E-state index in [0.29, 0.717) is 18.0 Å². The summed E-state index contributed by atoms with van der Waals surface area (Å²) < 4.78 is 0.812. The molecule has 1 aromatic carbocycles. The minimum absolute atomic E-state index is 0.248. The Morgan fingerprint density at radius 2 is 2.00 bits per heavy atom. The predicted octanol–water partition coefficient (Wildman–Crippen LogP) is 4.18. The number of ketones is 1. The zero-order valence-corrected chi connectivity index (χ0v) is 11.5. The van der Waals surface area contributed by atoms with Crippen molar-refractivity contribution in [1.29, 1.82) is 0 Å². The fourth-order valence-electron chi connectivity index (χ4n) is 2.47. The molecule has 2 rings (SSSR count). The number of anilines is 1. The first-order chi connectivity index (χ1) is 8.16. The molecular formula is C14H18BrNO. The summed E-state index contributed by atoms with van der Waals surface area (Å²) in [5.41, 5.74) is 7.17. The molecule has 0 saturated heterocycles. The van der Waals surface area contributed by atoms with Crippen LogP contribution in [0.5, 0.6) is 0 Å². The number of Topliss-reactive ketones (excluding diaryl/α,β-unsaturated/α-hetero) is 1. The zero-order valence-electron chi connectivity index (χ0n) is 9.92. The lowest BCUT2D eigenvalue weighted by Gasteiger charge is -2.20. The van der Waals surface area contributed by atoms with Gasteiger partial charge in [-0.2, -0.15) is 0 Å². The van der Waals surface area contributed by atoms with Crippen LogP contribution in [0.3, 0.4) is 0 Å². The Morgan fingerprint density at radius 1 is 1.29 bits per heavy atom. The van der Waals surface area contributed by atoms with Crippen molar-refractivity contribution in [3.8, 4) is 0 Å². The SMILES string of the molecule is Nc1ccc(C(=O)CC2CCCCC2)cc1Br. The fraction of sp³-hybridized carbons (Fsp3) is 0.500. The number of carbonyl (C=O) groups is 1. The van der Waals surface area contributed by atoms with Gasteiger partial charge in [-0.1, -0.05) is 32.1 Å². The van der Waals surface area contributed by atoms with Gasteiger partial charge in [0.2, 0.25) is 0 Å². The van der Waals surface area contributed by atoms with Crippen LogP contribution in [0.25, 0.3) is 0 Å². The van der Waals surface area contributed by atoms with Crippen molar-refractivity contribution in [3.05, 3.63) is 28.2 Å². The second-order valence-corrected chi connectivity index (χ2v) is 5.72. The first kappa shape index (κ1) is 12.6. The fourth-order valence-corrected chi connectivity index (χ4v) is 2.85. The predicted molar refractivity (Wildman–Crippen MR) is 74.1 cm³/mol. The quantitative estimate of drug-likeness (QED) is 0.671. The van der Waals surface area contributed by atoms with Gasteiger partial charge in [-0.3, -0.25) is 4.79 Å². The van der Waals surface area contributed by atoms with Crippen LogP contribution in [0, 0.1) is 5.92 Å². The Morgan fingerprint density at radius 3 is 2.65 bits per heavy atom. The second-order valence-electron chi connectivity index (χ2n) is 4.87. The van der Waals surface area contributed by atoms with Crippen LogP contribution < -0.4 is 5.73 Å². The molecule has 0 aliphatic heterocycles. The molecule has 1 aliphatic carbocycles. The summed E-state index contributed by atoms with van der Waals surface area (Å²) in [7, 11) is 0. The first-order valence-corrected chi connectivity index (χ1v) is 7.04. The molecule has 0 bridgehead atoms. The standard InChI is InChI=1S/C14H18BrNO/c15-12-9-11(6-7-13(12)16)14(17)8-10-4-2-1-3-5-10/h6-7,9-10H,1-5,8,16H2. The third-order valence-electron chi connectivity index (χ3n) is 3.52. The Bertz CT molecular complexity index is 411. The van der Waals surface area contributed by atoms with Gasteiger partial charge in [-0.05, 0) is 40.0 Å². The van der Waals surface area contributed by atoms with E-state index in [9.17, 15) is 4.79 Å². The minimum atomic E-state index is 0.248. The highest BCUT2D eigenvalue weighted by atomic mass is 79.9. The number of nitrogen functional groups attached to an aromatic ring is 1. The highest BCUT2D eigenvalue weighted by Gasteiger charge is 2.18. The summed E-state index contributed by atoms with van der Waals surface area (Å²) in [5.74, 6) is 0.838. The maximum Gasteiger partial charge on any atom is 0.163 e. The van der Waals surface area contributed by atoms with Crippen molar-refractivity contribution < 1.29 is 4.79 Å². The van der Waals surface area contributed by atoms with Crippen molar-refractivity contribution in [1.82, 2.24) is 0 Å². The number of rotatable bonds is 3. The lowest BCUT2D eigenvalue weighted by atomic mass is 9.85. The van der Waals surface area contributed by atoms with E-state index in [1.54, 1.807) is 6.07 Å². The highest BCUT2D eigenvalue weighted by molar-refractivity contribution is 9.10. The van der Waals surface area contributed by atoms with E-state index in [-0.39, 0.29) is 5.78 Å². The zero-order chi connectivity index (χ0) is 12.3. The average Bonchev–Trinajstić information content (AvgIpc) is 2.34. The van der Waals surface area contributed by atoms with E-state index in [1.165, 1.54) is 32.1 Å². The van der Waals surface area contributed by atoms with Crippen LogP contribution in [0.1, 0.15) is 48.9 Å². The smallest absolute Gasteiger partial charge is 0.163 e. The van der Waals surface area contributed by atoms with Crippen LogP contribution in [-0.4, -0.2) is 5.78 Å². The molecule has 1 fully saturated rings. The van der Waals surface area contributed by atoms with E-state index >= 15 is 0 Å². The van der Waals surface area contributed by atoms with Gasteiger partial charge in [0.25, 0.3) is 0 Å². The van der Waals surface area contributed by atoms with Crippen molar-refractivity contribution >= 4 is 27.4 Å². The van der Waals surface area contributed by atoms with E-state index < -0.39 is 0 Å². The van der Waals surface area contributed by atoms with E-state index in [4.69, 9.17) is 5.73 Å². The van der Waals surface area contributed by atoms with Gasteiger partial charge in [-0.25, -0.2) is 0 Å².